The summed E-state index contributed by atoms with van der Waals surface area (Å²) in [4.78, 5) is 49.7. The lowest BCUT2D eigenvalue weighted by atomic mass is 10.1. The van der Waals surface area contributed by atoms with Gasteiger partial charge in [0, 0.05) is 13.1 Å². The number of nitrogens with one attached hydrogen (secondary N) is 1. The lowest BCUT2D eigenvalue weighted by Gasteiger charge is -2.13. The van der Waals surface area contributed by atoms with Gasteiger partial charge in [-0.25, -0.2) is 4.79 Å². The number of likely N-dealkylation sites (N-methyl/N-ethyl adjacent to an activating group) is 1. The van der Waals surface area contributed by atoms with Gasteiger partial charge in [0.25, 0.3) is 17.7 Å². The highest BCUT2D eigenvalue weighted by Gasteiger charge is 2.35. The quantitative estimate of drug-likeness (QED) is 0.600. The molecule has 0 unspecified atom stereocenters. The first-order valence-electron chi connectivity index (χ1n) is 8.39. The summed E-state index contributed by atoms with van der Waals surface area (Å²) in [5.41, 5.74) is 0.615. The van der Waals surface area contributed by atoms with Gasteiger partial charge in [-0.3, -0.25) is 19.3 Å². The molecular formula is C18H22N2O5. The molecule has 0 radical (unpaired) electrons. The number of esters is 1. The van der Waals surface area contributed by atoms with Gasteiger partial charge < -0.3 is 10.1 Å². The molecule has 7 heteroatoms. The number of imide groups is 1. The SMILES string of the molecule is CCCCN1C(=O)c2ccc(C(=O)O[C@@H](C)C(=O)NCC)cc2C1=O. The average molecular weight is 346 g/mol. The van der Waals surface area contributed by atoms with Gasteiger partial charge in [0.15, 0.2) is 6.10 Å². The molecule has 1 heterocycles. The van der Waals surface area contributed by atoms with Gasteiger partial charge >= 0.3 is 5.97 Å². The number of carbonyl (C=O) groups excluding carboxylic acids is 4. The zero-order valence-corrected chi connectivity index (χ0v) is 14.6. The Morgan fingerprint density at radius 3 is 2.48 bits per heavy atom. The van der Waals surface area contributed by atoms with Crippen LogP contribution in [0, 0.1) is 0 Å². The first-order valence-corrected chi connectivity index (χ1v) is 8.39. The molecule has 0 saturated heterocycles. The zero-order valence-electron chi connectivity index (χ0n) is 14.6. The monoisotopic (exact) mass is 346 g/mol. The van der Waals surface area contributed by atoms with E-state index in [0.29, 0.717) is 13.1 Å². The van der Waals surface area contributed by atoms with Gasteiger partial charge in [-0.1, -0.05) is 13.3 Å². The van der Waals surface area contributed by atoms with E-state index in [4.69, 9.17) is 4.74 Å². The summed E-state index contributed by atoms with van der Waals surface area (Å²) in [5.74, 6) is -1.85. The predicted octanol–water partition coefficient (Wildman–Crippen LogP) is 1.76. The van der Waals surface area contributed by atoms with Crippen molar-refractivity contribution in [3.63, 3.8) is 0 Å². The fourth-order valence-electron chi connectivity index (χ4n) is 2.54. The number of unbranched alkanes of at least 4 members (excludes halogenated alkanes) is 1. The third-order valence-corrected chi connectivity index (χ3v) is 3.95. The summed E-state index contributed by atoms with van der Waals surface area (Å²) in [7, 11) is 0. The third kappa shape index (κ3) is 3.87. The lowest BCUT2D eigenvalue weighted by molar-refractivity contribution is -0.128. The van der Waals surface area contributed by atoms with Crippen molar-refractivity contribution in [3.05, 3.63) is 34.9 Å². The van der Waals surface area contributed by atoms with Crippen LogP contribution in [0.5, 0.6) is 0 Å². The maximum atomic E-state index is 12.4. The maximum Gasteiger partial charge on any atom is 0.338 e. The second kappa shape index (κ2) is 7.92. The molecule has 0 spiro atoms. The summed E-state index contributed by atoms with van der Waals surface area (Å²) >= 11 is 0. The maximum absolute atomic E-state index is 12.4. The zero-order chi connectivity index (χ0) is 18.6. The van der Waals surface area contributed by atoms with Gasteiger partial charge in [0.05, 0.1) is 16.7 Å². The van der Waals surface area contributed by atoms with Crippen LogP contribution in [-0.2, 0) is 9.53 Å². The van der Waals surface area contributed by atoms with Crippen molar-refractivity contribution in [2.24, 2.45) is 0 Å². The largest absolute Gasteiger partial charge is 0.449 e. The minimum absolute atomic E-state index is 0.133. The molecule has 0 aromatic heterocycles. The van der Waals surface area contributed by atoms with Crippen LogP contribution in [0.2, 0.25) is 0 Å². The van der Waals surface area contributed by atoms with E-state index in [1.54, 1.807) is 6.92 Å². The summed E-state index contributed by atoms with van der Waals surface area (Å²) in [5, 5.41) is 2.56. The van der Waals surface area contributed by atoms with Crippen molar-refractivity contribution < 1.29 is 23.9 Å². The fourth-order valence-corrected chi connectivity index (χ4v) is 2.54. The van der Waals surface area contributed by atoms with E-state index in [1.165, 1.54) is 30.0 Å². The Morgan fingerprint density at radius 1 is 1.16 bits per heavy atom. The molecular weight excluding hydrogens is 324 g/mol. The van der Waals surface area contributed by atoms with Crippen molar-refractivity contribution in [2.45, 2.75) is 39.7 Å². The average Bonchev–Trinajstić information content (AvgIpc) is 2.83. The Bertz CT molecular complexity index is 713. The summed E-state index contributed by atoms with van der Waals surface area (Å²) < 4.78 is 5.10. The van der Waals surface area contributed by atoms with Crippen LogP contribution >= 0.6 is 0 Å². The number of ether oxygens (including phenoxy) is 1. The standard InChI is InChI=1S/C18H22N2O5/c1-4-6-9-20-16(22)13-8-7-12(10-14(13)17(20)23)18(24)25-11(3)15(21)19-5-2/h7-8,10-11H,4-6,9H2,1-3H3,(H,19,21)/t11-/m0/s1. The van der Waals surface area contributed by atoms with Crippen molar-refractivity contribution >= 4 is 23.7 Å². The third-order valence-electron chi connectivity index (χ3n) is 3.95. The number of hydrogen-bond donors (Lipinski definition) is 1. The fraction of sp³-hybridized carbons (Fsp3) is 0.444. The van der Waals surface area contributed by atoms with E-state index in [-0.39, 0.29) is 22.6 Å². The minimum Gasteiger partial charge on any atom is -0.449 e. The number of hydrogen-bond acceptors (Lipinski definition) is 5. The van der Waals surface area contributed by atoms with Crippen LogP contribution in [0.4, 0.5) is 0 Å². The topological polar surface area (TPSA) is 92.8 Å². The molecule has 1 aromatic rings. The van der Waals surface area contributed by atoms with E-state index in [1.807, 2.05) is 6.92 Å². The van der Waals surface area contributed by atoms with Crippen LogP contribution in [0.1, 0.15) is 64.7 Å². The Hall–Kier alpha value is -2.70. The Balaban J connectivity index is 2.16. The molecule has 1 aliphatic heterocycles. The van der Waals surface area contributed by atoms with Gasteiger partial charge in [-0.05, 0) is 38.5 Å². The van der Waals surface area contributed by atoms with Crippen LogP contribution in [0.15, 0.2) is 18.2 Å². The summed E-state index contributed by atoms with van der Waals surface area (Å²) in [6.45, 7) is 6.00. The van der Waals surface area contributed by atoms with Crippen molar-refractivity contribution in [1.29, 1.82) is 0 Å². The van der Waals surface area contributed by atoms with E-state index < -0.39 is 23.9 Å². The highest BCUT2D eigenvalue weighted by molar-refractivity contribution is 6.22. The smallest absolute Gasteiger partial charge is 0.338 e. The first-order chi connectivity index (χ1) is 11.9. The molecule has 0 saturated carbocycles. The Kier molecular flexibility index (Phi) is 5.90. The molecule has 0 aliphatic carbocycles. The summed E-state index contributed by atoms with van der Waals surface area (Å²) in [6, 6.07) is 4.24. The first kappa shape index (κ1) is 18.6. The van der Waals surface area contributed by atoms with Gasteiger partial charge in [-0.15, -0.1) is 0 Å². The minimum atomic E-state index is -0.945. The van der Waals surface area contributed by atoms with Gasteiger partial charge in [-0.2, -0.15) is 0 Å². The Morgan fingerprint density at radius 2 is 1.84 bits per heavy atom. The number of nitrogens with zero attached hydrogens (tertiary/aromatic N) is 1. The molecule has 0 bridgehead atoms. The van der Waals surface area contributed by atoms with E-state index in [9.17, 15) is 19.2 Å². The van der Waals surface area contributed by atoms with Gasteiger partial charge in [0.1, 0.15) is 0 Å². The lowest BCUT2D eigenvalue weighted by Crippen LogP contribution is -2.35. The molecule has 1 N–H and O–H groups in total. The van der Waals surface area contributed by atoms with E-state index in [0.717, 1.165) is 12.8 Å². The number of benzene rings is 1. The van der Waals surface area contributed by atoms with Crippen molar-refractivity contribution in [1.82, 2.24) is 10.2 Å². The molecule has 134 valence electrons. The molecule has 1 aromatic carbocycles. The molecule has 1 atom stereocenters. The second-order valence-electron chi connectivity index (χ2n) is 5.82. The highest BCUT2D eigenvalue weighted by atomic mass is 16.5. The highest BCUT2D eigenvalue weighted by Crippen LogP contribution is 2.24. The molecule has 7 nitrogen and oxygen atoms in total. The number of amides is 3. The molecule has 0 fully saturated rings. The van der Waals surface area contributed by atoms with E-state index in [2.05, 4.69) is 5.32 Å². The Labute approximate surface area is 146 Å². The van der Waals surface area contributed by atoms with Gasteiger partial charge in [0.2, 0.25) is 0 Å². The number of carbonyl (C=O) groups is 4. The number of rotatable bonds is 7. The van der Waals surface area contributed by atoms with Crippen molar-refractivity contribution in [3.8, 4) is 0 Å². The van der Waals surface area contributed by atoms with E-state index >= 15 is 0 Å². The van der Waals surface area contributed by atoms with Crippen LogP contribution in [0.3, 0.4) is 0 Å². The van der Waals surface area contributed by atoms with Crippen LogP contribution < -0.4 is 5.32 Å². The van der Waals surface area contributed by atoms with Crippen molar-refractivity contribution in [2.75, 3.05) is 13.1 Å². The number of fused-ring (bicyclic) bond motifs is 1. The molecule has 3 amide bonds. The normalized spacial score (nSPS) is 14.3. The van der Waals surface area contributed by atoms with Crippen LogP contribution in [0.25, 0.3) is 0 Å². The van der Waals surface area contributed by atoms with Crippen LogP contribution in [-0.4, -0.2) is 47.8 Å². The molecule has 1 aliphatic rings. The molecule has 25 heavy (non-hydrogen) atoms. The second-order valence-corrected chi connectivity index (χ2v) is 5.82. The molecule has 2 rings (SSSR count). The predicted molar refractivity (Wildman–Crippen MR) is 90.3 cm³/mol. The summed E-state index contributed by atoms with van der Waals surface area (Å²) in [6.07, 6.45) is 0.645.